The Bertz CT molecular complexity index is 1420. The molecule has 1 aliphatic heterocycles. The van der Waals surface area contributed by atoms with E-state index in [1.807, 2.05) is 35.0 Å². The summed E-state index contributed by atoms with van der Waals surface area (Å²) in [7, 11) is 0. The molecule has 5 rings (SSSR count). The molecule has 7 nitrogen and oxygen atoms in total. The van der Waals surface area contributed by atoms with E-state index in [9.17, 15) is 14.4 Å². The lowest BCUT2D eigenvalue weighted by Gasteiger charge is -2.32. The molecule has 4 heterocycles. The first-order valence-electron chi connectivity index (χ1n) is 11.1. The van der Waals surface area contributed by atoms with Crippen LogP contribution in [0.25, 0.3) is 16.6 Å². The van der Waals surface area contributed by atoms with Crippen molar-refractivity contribution in [3.63, 3.8) is 0 Å². The molecule has 1 fully saturated rings. The highest BCUT2D eigenvalue weighted by Gasteiger charge is 2.25. The summed E-state index contributed by atoms with van der Waals surface area (Å²) in [5.74, 6) is -0.200. The van der Waals surface area contributed by atoms with Crippen LogP contribution < -0.4 is 0 Å². The van der Waals surface area contributed by atoms with Gasteiger partial charge in [-0.1, -0.05) is 11.8 Å². The zero-order valence-electron chi connectivity index (χ0n) is 18.9. The minimum atomic E-state index is -0.292. The molecule has 0 radical (unpaired) electrons. The van der Waals surface area contributed by atoms with Crippen LogP contribution in [0.15, 0.2) is 58.7 Å². The molecular formula is C25H23FN6OS. The molecule has 0 N–H and O–H groups in total. The summed E-state index contributed by atoms with van der Waals surface area (Å²) in [6, 6.07) is 10.7. The maximum absolute atomic E-state index is 13.4. The molecule has 1 amide bonds. The zero-order valence-corrected chi connectivity index (χ0v) is 19.7. The van der Waals surface area contributed by atoms with Crippen molar-refractivity contribution in [1.82, 2.24) is 24.3 Å². The van der Waals surface area contributed by atoms with Gasteiger partial charge in [0.1, 0.15) is 11.9 Å². The first-order valence-corrected chi connectivity index (χ1v) is 11.9. The van der Waals surface area contributed by atoms with Gasteiger partial charge in [-0.05, 0) is 50.1 Å². The molecule has 34 heavy (non-hydrogen) atoms. The smallest absolute Gasteiger partial charge is 0.219 e. The molecule has 4 aromatic rings. The van der Waals surface area contributed by atoms with Gasteiger partial charge in [0.15, 0.2) is 0 Å². The Labute approximate surface area is 200 Å². The molecule has 172 valence electrons. The average molecular weight is 475 g/mol. The predicted octanol–water partition coefficient (Wildman–Crippen LogP) is 4.85. The maximum atomic E-state index is 13.4. The molecule has 3 aromatic heterocycles. The van der Waals surface area contributed by atoms with Gasteiger partial charge >= 0.3 is 0 Å². The highest BCUT2D eigenvalue weighted by molar-refractivity contribution is 7.99. The third-order valence-corrected chi connectivity index (χ3v) is 7.32. The van der Waals surface area contributed by atoms with Crippen LogP contribution in [0.3, 0.4) is 0 Å². The Kier molecular flexibility index (Phi) is 5.84. The Morgan fingerprint density at radius 2 is 2.03 bits per heavy atom. The summed E-state index contributed by atoms with van der Waals surface area (Å²) in [6.45, 7) is 5.10. The Balaban J connectivity index is 1.55. The van der Waals surface area contributed by atoms with E-state index in [-0.39, 0.29) is 17.8 Å². The maximum Gasteiger partial charge on any atom is 0.219 e. The van der Waals surface area contributed by atoms with Crippen molar-refractivity contribution in [2.24, 2.45) is 0 Å². The van der Waals surface area contributed by atoms with Gasteiger partial charge < -0.3 is 4.90 Å². The highest BCUT2D eigenvalue weighted by Crippen LogP contribution is 2.37. The number of amides is 1. The Morgan fingerprint density at radius 1 is 1.24 bits per heavy atom. The topological polar surface area (TPSA) is 79.2 Å². The molecule has 1 atom stereocenters. The number of carbonyl (C=O) groups excluding carboxylic acids is 1. The third kappa shape index (κ3) is 4.05. The van der Waals surface area contributed by atoms with Crippen molar-refractivity contribution in [3.8, 4) is 17.2 Å². The summed E-state index contributed by atoms with van der Waals surface area (Å²) in [5, 5.41) is 18.7. The van der Waals surface area contributed by atoms with E-state index in [0.717, 1.165) is 51.5 Å². The quantitative estimate of drug-likeness (QED) is 0.422. The van der Waals surface area contributed by atoms with Crippen LogP contribution in [0.4, 0.5) is 4.39 Å². The molecule has 9 heteroatoms. The van der Waals surface area contributed by atoms with E-state index in [2.05, 4.69) is 16.3 Å². The van der Waals surface area contributed by atoms with Crippen LogP contribution in [0.5, 0.6) is 0 Å². The number of pyridine rings is 1. The summed E-state index contributed by atoms with van der Waals surface area (Å²) in [5.41, 5.74) is 4.11. The van der Waals surface area contributed by atoms with E-state index in [4.69, 9.17) is 0 Å². The van der Waals surface area contributed by atoms with Crippen LogP contribution >= 0.6 is 11.8 Å². The number of halogens is 1. The number of piperidine rings is 1. The second-order valence-electron chi connectivity index (χ2n) is 8.46. The molecule has 1 saturated heterocycles. The van der Waals surface area contributed by atoms with Gasteiger partial charge in [-0.3, -0.25) is 9.48 Å². The van der Waals surface area contributed by atoms with Crippen LogP contribution in [0.1, 0.15) is 37.1 Å². The fraction of sp³-hybridized carbons (Fsp3) is 0.280. The molecular weight excluding hydrogens is 451 g/mol. The first-order chi connectivity index (χ1) is 16.4. The molecule has 0 spiro atoms. The normalized spacial score (nSPS) is 16.1. The number of likely N-dealkylation sites (tertiary alicyclic amines) is 1. The number of nitrogens with zero attached hydrogens (tertiary/aromatic N) is 6. The van der Waals surface area contributed by atoms with Gasteiger partial charge in [0, 0.05) is 52.8 Å². The van der Waals surface area contributed by atoms with Crippen LogP contribution in [-0.4, -0.2) is 43.3 Å². The summed E-state index contributed by atoms with van der Waals surface area (Å²) < 4.78 is 17.1. The number of hydrogen-bond donors (Lipinski definition) is 0. The average Bonchev–Trinajstić information content (AvgIpc) is 3.44. The second-order valence-corrected chi connectivity index (χ2v) is 9.58. The van der Waals surface area contributed by atoms with E-state index < -0.39 is 0 Å². The fourth-order valence-corrected chi connectivity index (χ4v) is 5.55. The SMILES string of the molecule is CC(=O)N1CCC[C@H](n2ncc(-c3cc(Sc4ccc(F)cc4)c4c(C#N)cnn4c3)c2C)C1. The standard InChI is InChI=1S/C25H23FN6OS/c1-16-23(13-29-32(16)21-4-3-9-30(15-21)17(2)33)18-10-24(34-22-7-5-20(26)6-8-22)25-19(11-27)12-28-31(25)14-18/h5-8,10,12-14,21H,3-4,9,15H2,1-2H3/t21-/m0/s1. The van der Waals surface area contributed by atoms with Crippen LogP contribution in [0.2, 0.25) is 0 Å². The molecule has 0 saturated carbocycles. The summed E-state index contributed by atoms with van der Waals surface area (Å²) in [6.07, 6.45) is 7.24. The van der Waals surface area contributed by atoms with Crippen molar-refractivity contribution in [2.45, 2.75) is 42.5 Å². The number of rotatable bonds is 4. The molecule has 0 bridgehead atoms. The Hall–Kier alpha value is -3.64. The largest absolute Gasteiger partial charge is 0.341 e. The lowest BCUT2D eigenvalue weighted by Crippen LogP contribution is -2.39. The van der Waals surface area contributed by atoms with Gasteiger partial charge in [0.25, 0.3) is 0 Å². The minimum Gasteiger partial charge on any atom is -0.341 e. The third-order valence-electron chi connectivity index (χ3n) is 6.28. The number of nitriles is 1. The van der Waals surface area contributed by atoms with Crippen molar-refractivity contribution in [2.75, 3.05) is 13.1 Å². The van der Waals surface area contributed by atoms with E-state index in [1.54, 1.807) is 29.8 Å². The zero-order chi connectivity index (χ0) is 23.8. The number of aromatic nitrogens is 4. The fourth-order valence-electron chi connectivity index (χ4n) is 4.54. The Morgan fingerprint density at radius 3 is 2.76 bits per heavy atom. The van der Waals surface area contributed by atoms with E-state index >= 15 is 0 Å². The van der Waals surface area contributed by atoms with Gasteiger partial charge in [-0.2, -0.15) is 15.5 Å². The number of carbonyl (C=O) groups is 1. The molecule has 0 unspecified atom stereocenters. The summed E-state index contributed by atoms with van der Waals surface area (Å²) in [4.78, 5) is 15.5. The second kappa shape index (κ2) is 8.95. The van der Waals surface area contributed by atoms with Crippen molar-refractivity contribution < 1.29 is 9.18 Å². The van der Waals surface area contributed by atoms with Crippen LogP contribution in [-0.2, 0) is 4.79 Å². The van der Waals surface area contributed by atoms with E-state index in [1.165, 1.54) is 23.9 Å². The highest BCUT2D eigenvalue weighted by atomic mass is 32.2. The van der Waals surface area contributed by atoms with Gasteiger partial charge in [0.2, 0.25) is 5.91 Å². The number of fused-ring (bicyclic) bond motifs is 1. The monoisotopic (exact) mass is 474 g/mol. The lowest BCUT2D eigenvalue weighted by molar-refractivity contribution is -0.130. The molecule has 1 aliphatic rings. The summed E-state index contributed by atoms with van der Waals surface area (Å²) >= 11 is 1.46. The molecule has 0 aliphatic carbocycles. The first kappa shape index (κ1) is 22.2. The molecule has 1 aromatic carbocycles. The number of benzene rings is 1. The van der Waals surface area contributed by atoms with Gasteiger partial charge in [0.05, 0.1) is 29.5 Å². The minimum absolute atomic E-state index is 0.0922. The van der Waals surface area contributed by atoms with E-state index in [0.29, 0.717) is 12.1 Å². The predicted molar refractivity (Wildman–Crippen MR) is 127 cm³/mol. The number of hydrogen-bond acceptors (Lipinski definition) is 5. The van der Waals surface area contributed by atoms with Gasteiger partial charge in [-0.25, -0.2) is 8.91 Å². The lowest BCUT2D eigenvalue weighted by atomic mass is 10.0. The van der Waals surface area contributed by atoms with Crippen molar-refractivity contribution in [3.05, 3.63) is 66.0 Å². The van der Waals surface area contributed by atoms with Crippen molar-refractivity contribution >= 4 is 23.2 Å². The van der Waals surface area contributed by atoms with Gasteiger partial charge in [-0.15, -0.1) is 0 Å². The van der Waals surface area contributed by atoms with Crippen molar-refractivity contribution in [1.29, 1.82) is 5.26 Å². The van der Waals surface area contributed by atoms with Crippen LogP contribution in [0, 0.1) is 24.1 Å².